The lowest BCUT2D eigenvalue weighted by atomic mass is 9.85. The number of aliphatic imine (C=N–C) groups is 1. The molecular weight excluding hydrogens is 396 g/mol. The number of amides is 1. The molecule has 1 heterocycles. The van der Waals surface area contributed by atoms with E-state index in [9.17, 15) is 4.79 Å². The molecule has 0 spiro atoms. The van der Waals surface area contributed by atoms with Crippen molar-refractivity contribution in [3.63, 3.8) is 0 Å². The quantitative estimate of drug-likeness (QED) is 0.512. The van der Waals surface area contributed by atoms with Gasteiger partial charge in [-0.05, 0) is 44.2 Å². The smallest absolute Gasteiger partial charge is 0.225 e. The number of rotatable bonds is 7. The minimum Gasteiger partial charge on any atom is -0.489 e. The third kappa shape index (κ3) is 6.83. The van der Waals surface area contributed by atoms with E-state index in [0.717, 1.165) is 68.4 Å². The Morgan fingerprint density at radius 1 is 1.20 bits per heavy atom. The SMILES string of the molecule is CCC(CNC(=NC)NC1CCC(C(=O)N2CCSCC2)CC1)Oc1ccccc1. The van der Waals surface area contributed by atoms with Gasteiger partial charge in [0.25, 0.3) is 0 Å². The molecule has 30 heavy (non-hydrogen) atoms. The summed E-state index contributed by atoms with van der Waals surface area (Å²) in [7, 11) is 1.80. The monoisotopic (exact) mass is 432 g/mol. The fraction of sp³-hybridized carbons (Fsp3) is 0.652. The summed E-state index contributed by atoms with van der Waals surface area (Å²) in [6.07, 6.45) is 4.95. The van der Waals surface area contributed by atoms with E-state index in [1.807, 2.05) is 42.1 Å². The zero-order valence-electron chi connectivity index (χ0n) is 18.3. The molecule has 0 bridgehead atoms. The first-order chi connectivity index (χ1) is 14.7. The Morgan fingerprint density at radius 2 is 1.90 bits per heavy atom. The molecule has 2 N–H and O–H groups in total. The molecule has 0 aromatic heterocycles. The van der Waals surface area contributed by atoms with Crippen LogP contribution in [0, 0.1) is 5.92 Å². The molecule has 1 aromatic carbocycles. The van der Waals surface area contributed by atoms with Gasteiger partial charge < -0.3 is 20.3 Å². The average Bonchev–Trinajstić information content (AvgIpc) is 2.82. The number of nitrogens with one attached hydrogen (secondary N) is 2. The molecule has 2 fully saturated rings. The van der Waals surface area contributed by atoms with E-state index in [1.54, 1.807) is 7.05 Å². The van der Waals surface area contributed by atoms with Crippen molar-refractivity contribution in [1.29, 1.82) is 0 Å². The number of hydrogen-bond donors (Lipinski definition) is 2. The molecule has 0 radical (unpaired) electrons. The van der Waals surface area contributed by atoms with Crippen LogP contribution in [0.1, 0.15) is 39.0 Å². The van der Waals surface area contributed by atoms with Crippen LogP contribution in [0.5, 0.6) is 5.75 Å². The average molecular weight is 433 g/mol. The zero-order chi connectivity index (χ0) is 21.2. The van der Waals surface area contributed by atoms with Gasteiger partial charge in [-0.15, -0.1) is 0 Å². The Kier molecular flexibility index (Phi) is 9.18. The van der Waals surface area contributed by atoms with Crippen molar-refractivity contribution < 1.29 is 9.53 Å². The fourth-order valence-corrected chi connectivity index (χ4v) is 4.99. The Hall–Kier alpha value is -1.89. The van der Waals surface area contributed by atoms with Crippen molar-refractivity contribution >= 4 is 23.6 Å². The maximum Gasteiger partial charge on any atom is 0.225 e. The number of para-hydroxylation sites is 1. The van der Waals surface area contributed by atoms with E-state index >= 15 is 0 Å². The maximum atomic E-state index is 12.7. The molecule has 166 valence electrons. The van der Waals surface area contributed by atoms with Gasteiger partial charge in [-0.25, -0.2) is 0 Å². The second kappa shape index (κ2) is 12.1. The first kappa shape index (κ1) is 22.8. The molecule has 1 unspecified atom stereocenters. The fourth-order valence-electron chi connectivity index (χ4n) is 4.09. The molecule has 1 aliphatic carbocycles. The number of nitrogens with zero attached hydrogens (tertiary/aromatic N) is 2. The Labute approximate surface area is 185 Å². The van der Waals surface area contributed by atoms with Crippen LogP contribution in [0.25, 0.3) is 0 Å². The molecule has 1 atom stereocenters. The van der Waals surface area contributed by atoms with E-state index < -0.39 is 0 Å². The molecule has 1 amide bonds. The molecule has 6 nitrogen and oxygen atoms in total. The number of hydrogen-bond acceptors (Lipinski definition) is 4. The van der Waals surface area contributed by atoms with Crippen LogP contribution in [0.3, 0.4) is 0 Å². The second-order valence-corrected chi connectivity index (χ2v) is 9.27. The normalized spacial score (nSPS) is 23.5. The van der Waals surface area contributed by atoms with Crippen LogP contribution < -0.4 is 15.4 Å². The molecule has 1 aliphatic heterocycles. The van der Waals surface area contributed by atoms with E-state index in [1.165, 1.54) is 0 Å². The summed E-state index contributed by atoms with van der Waals surface area (Å²) in [6, 6.07) is 10.3. The molecule has 2 aliphatic rings. The lowest BCUT2D eigenvalue weighted by Crippen LogP contribution is -2.48. The van der Waals surface area contributed by atoms with Crippen molar-refractivity contribution in [2.24, 2.45) is 10.9 Å². The summed E-state index contributed by atoms with van der Waals surface area (Å²) in [6.45, 7) is 4.67. The van der Waals surface area contributed by atoms with Gasteiger partial charge in [-0.1, -0.05) is 25.1 Å². The summed E-state index contributed by atoms with van der Waals surface area (Å²) in [4.78, 5) is 19.2. The van der Waals surface area contributed by atoms with Crippen molar-refractivity contribution in [3.05, 3.63) is 30.3 Å². The van der Waals surface area contributed by atoms with Gasteiger partial charge in [0.2, 0.25) is 5.91 Å². The zero-order valence-corrected chi connectivity index (χ0v) is 19.1. The lowest BCUT2D eigenvalue weighted by molar-refractivity contribution is -0.136. The number of carbonyl (C=O) groups is 1. The van der Waals surface area contributed by atoms with Gasteiger partial charge in [0, 0.05) is 43.6 Å². The third-order valence-electron chi connectivity index (χ3n) is 5.96. The third-order valence-corrected chi connectivity index (χ3v) is 6.90. The number of carbonyl (C=O) groups excluding carboxylic acids is 1. The standard InChI is InChI=1S/C23H36N4O2S/c1-3-20(29-21-7-5-4-6-8-21)17-25-23(24-2)26-19-11-9-18(10-12-19)22(28)27-13-15-30-16-14-27/h4-8,18-20H,3,9-17H2,1-2H3,(H2,24,25,26). The van der Waals surface area contributed by atoms with Gasteiger partial charge in [-0.3, -0.25) is 9.79 Å². The van der Waals surface area contributed by atoms with Gasteiger partial charge >= 0.3 is 0 Å². The van der Waals surface area contributed by atoms with E-state index in [0.29, 0.717) is 18.5 Å². The second-order valence-electron chi connectivity index (χ2n) is 8.04. The summed E-state index contributed by atoms with van der Waals surface area (Å²) >= 11 is 1.95. The van der Waals surface area contributed by atoms with Crippen molar-refractivity contribution in [2.75, 3.05) is 38.2 Å². The van der Waals surface area contributed by atoms with Crippen molar-refractivity contribution in [1.82, 2.24) is 15.5 Å². The number of guanidine groups is 1. The number of benzene rings is 1. The first-order valence-corrected chi connectivity index (χ1v) is 12.4. The number of thioether (sulfide) groups is 1. The molecule has 1 saturated carbocycles. The van der Waals surface area contributed by atoms with Gasteiger partial charge in [0.05, 0.1) is 6.54 Å². The van der Waals surface area contributed by atoms with Crippen LogP contribution >= 0.6 is 11.8 Å². The molecular formula is C23H36N4O2S. The highest BCUT2D eigenvalue weighted by Gasteiger charge is 2.30. The Morgan fingerprint density at radius 3 is 2.53 bits per heavy atom. The summed E-state index contributed by atoms with van der Waals surface area (Å²) in [5, 5.41) is 6.95. The molecule has 7 heteroatoms. The van der Waals surface area contributed by atoms with Gasteiger partial charge in [0.15, 0.2) is 5.96 Å². The molecule has 1 saturated heterocycles. The van der Waals surface area contributed by atoms with Crippen molar-refractivity contribution in [2.45, 2.75) is 51.2 Å². The lowest BCUT2D eigenvalue weighted by Gasteiger charge is -2.34. The van der Waals surface area contributed by atoms with Crippen LogP contribution in [0.2, 0.25) is 0 Å². The predicted molar refractivity (Wildman–Crippen MR) is 125 cm³/mol. The van der Waals surface area contributed by atoms with Crippen LogP contribution in [0.4, 0.5) is 0 Å². The molecule has 3 rings (SSSR count). The Balaban J connectivity index is 1.40. The highest BCUT2D eigenvalue weighted by Crippen LogP contribution is 2.27. The van der Waals surface area contributed by atoms with Crippen molar-refractivity contribution in [3.8, 4) is 5.75 Å². The maximum absolute atomic E-state index is 12.7. The predicted octanol–water partition coefficient (Wildman–Crippen LogP) is 3.14. The summed E-state index contributed by atoms with van der Waals surface area (Å²) in [5.74, 6) is 4.44. The van der Waals surface area contributed by atoms with Gasteiger partial charge in [0.1, 0.15) is 11.9 Å². The highest BCUT2D eigenvalue weighted by atomic mass is 32.2. The van der Waals surface area contributed by atoms with Crippen LogP contribution in [0.15, 0.2) is 35.3 Å². The largest absolute Gasteiger partial charge is 0.489 e. The summed E-state index contributed by atoms with van der Waals surface area (Å²) < 4.78 is 6.06. The summed E-state index contributed by atoms with van der Waals surface area (Å²) in [5.41, 5.74) is 0. The number of ether oxygens (including phenoxy) is 1. The van der Waals surface area contributed by atoms with E-state index in [-0.39, 0.29) is 12.0 Å². The minimum atomic E-state index is 0.0852. The molecule has 1 aromatic rings. The van der Waals surface area contributed by atoms with E-state index in [2.05, 4.69) is 27.4 Å². The highest BCUT2D eigenvalue weighted by molar-refractivity contribution is 7.99. The van der Waals surface area contributed by atoms with Crippen LogP contribution in [-0.2, 0) is 4.79 Å². The van der Waals surface area contributed by atoms with Crippen LogP contribution in [-0.4, -0.2) is 67.1 Å². The van der Waals surface area contributed by atoms with Gasteiger partial charge in [-0.2, -0.15) is 11.8 Å². The topological polar surface area (TPSA) is 66.0 Å². The Bertz CT molecular complexity index is 671. The van der Waals surface area contributed by atoms with E-state index in [4.69, 9.17) is 4.74 Å². The first-order valence-electron chi connectivity index (χ1n) is 11.2. The minimum absolute atomic E-state index is 0.0852.